The van der Waals surface area contributed by atoms with Crippen LogP contribution >= 0.6 is 0 Å². The highest BCUT2D eigenvalue weighted by atomic mass is 32.2. The molecule has 1 atom stereocenters. The van der Waals surface area contributed by atoms with Crippen molar-refractivity contribution < 1.29 is 17.9 Å². The predicted molar refractivity (Wildman–Crippen MR) is 113 cm³/mol. The van der Waals surface area contributed by atoms with E-state index >= 15 is 0 Å². The number of ether oxygens (including phenoxy) is 1. The molecule has 5 aliphatic rings. The van der Waals surface area contributed by atoms with Gasteiger partial charge in [-0.3, -0.25) is 4.79 Å². The topological polar surface area (TPSA) is 75.7 Å². The SMILES string of the molecule is COc1cccc(S(=O)(=O)N2CCC(CNC(=O)C34CC5CC(CC(C5)C3)C4)C2)c1. The van der Waals surface area contributed by atoms with Crippen LogP contribution in [0.1, 0.15) is 44.9 Å². The third-order valence-electron chi connectivity index (χ3n) is 8.00. The van der Waals surface area contributed by atoms with E-state index in [1.165, 1.54) is 26.4 Å². The maximum Gasteiger partial charge on any atom is 0.243 e. The molecule has 7 heteroatoms. The summed E-state index contributed by atoms with van der Waals surface area (Å²) < 4.78 is 32.7. The number of carbonyl (C=O) groups is 1. The van der Waals surface area contributed by atoms with Crippen LogP contribution in [0.2, 0.25) is 0 Å². The Morgan fingerprint density at radius 2 is 1.83 bits per heavy atom. The van der Waals surface area contributed by atoms with Crippen molar-refractivity contribution in [3.8, 4) is 5.75 Å². The highest BCUT2D eigenvalue weighted by Gasteiger charge is 2.54. The monoisotopic (exact) mass is 432 g/mol. The predicted octanol–water partition coefficient (Wildman–Crippen LogP) is 3.04. The van der Waals surface area contributed by atoms with E-state index in [2.05, 4.69) is 5.32 Å². The van der Waals surface area contributed by atoms with Gasteiger partial charge < -0.3 is 10.1 Å². The maximum absolute atomic E-state index is 13.2. The standard InChI is InChI=1S/C23H32N2O4S/c1-29-20-3-2-4-21(10-20)30(27,28)25-6-5-16(15-25)14-24-22(26)23-11-17-7-18(12-23)9-19(8-17)13-23/h2-4,10,16-19H,5-9,11-15H2,1H3,(H,24,26). The van der Waals surface area contributed by atoms with Gasteiger partial charge in [-0.2, -0.15) is 4.31 Å². The summed E-state index contributed by atoms with van der Waals surface area (Å²) in [5.41, 5.74) is -0.139. The molecule has 1 unspecified atom stereocenters. The van der Waals surface area contributed by atoms with Gasteiger partial charge in [0.15, 0.2) is 0 Å². The van der Waals surface area contributed by atoms with E-state index in [1.54, 1.807) is 28.6 Å². The van der Waals surface area contributed by atoms with Crippen LogP contribution in [0.5, 0.6) is 5.75 Å². The zero-order chi connectivity index (χ0) is 20.9. The Morgan fingerprint density at radius 3 is 2.47 bits per heavy atom. The summed E-state index contributed by atoms with van der Waals surface area (Å²) in [4.78, 5) is 13.4. The summed E-state index contributed by atoms with van der Waals surface area (Å²) in [5.74, 6) is 3.18. The zero-order valence-electron chi connectivity index (χ0n) is 17.7. The largest absolute Gasteiger partial charge is 0.497 e. The van der Waals surface area contributed by atoms with E-state index in [0.717, 1.165) is 43.4 Å². The van der Waals surface area contributed by atoms with E-state index in [-0.39, 0.29) is 22.1 Å². The second-order valence-corrected chi connectivity index (χ2v) is 12.0. The molecule has 30 heavy (non-hydrogen) atoms. The van der Waals surface area contributed by atoms with Crippen molar-refractivity contribution in [3.63, 3.8) is 0 Å². The number of methoxy groups -OCH3 is 1. The molecule has 1 aromatic carbocycles. The van der Waals surface area contributed by atoms with Crippen molar-refractivity contribution in [2.45, 2.75) is 49.8 Å². The first-order valence-corrected chi connectivity index (χ1v) is 12.7. The molecule has 1 aromatic rings. The molecule has 4 aliphatic carbocycles. The Balaban J connectivity index is 1.19. The van der Waals surface area contributed by atoms with Crippen molar-refractivity contribution in [2.24, 2.45) is 29.1 Å². The van der Waals surface area contributed by atoms with E-state index in [0.29, 0.717) is 25.4 Å². The van der Waals surface area contributed by atoms with Crippen LogP contribution in [0.25, 0.3) is 0 Å². The minimum atomic E-state index is -3.54. The molecule has 1 aliphatic heterocycles. The van der Waals surface area contributed by atoms with E-state index < -0.39 is 10.0 Å². The van der Waals surface area contributed by atoms with Gasteiger partial charge in [-0.15, -0.1) is 0 Å². The van der Waals surface area contributed by atoms with Crippen molar-refractivity contribution in [2.75, 3.05) is 26.7 Å². The van der Waals surface area contributed by atoms with E-state index in [4.69, 9.17) is 4.74 Å². The maximum atomic E-state index is 13.2. The van der Waals surface area contributed by atoms with Gasteiger partial charge in [0.1, 0.15) is 5.75 Å². The lowest BCUT2D eigenvalue weighted by molar-refractivity contribution is -0.146. The molecule has 164 valence electrons. The fraction of sp³-hybridized carbons (Fsp3) is 0.696. The highest BCUT2D eigenvalue weighted by Crippen LogP contribution is 2.60. The lowest BCUT2D eigenvalue weighted by Gasteiger charge is -2.55. The van der Waals surface area contributed by atoms with Crippen molar-refractivity contribution in [1.82, 2.24) is 9.62 Å². The molecule has 4 saturated carbocycles. The Bertz CT molecular complexity index is 894. The number of benzene rings is 1. The average molecular weight is 433 g/mol. The molecule has 6 nitrogen and oxygen atoms in total. The molecule has 0 spiro atoms. The number of sulfonamides is 1. The second kappa shape index (κ2) is 7.52. The number of carbonyl (C=O) groups excluding carboxylic acids is 1. The van der Waals surface area contributed by atoms with Crippen molar-refractivity contribution in [3.05, 3.63) is 24.3 Å². The van der Waals surface area contributed by atoms with Crippen LogP contribution in [0.15, 0.2) is 29.2 Å². The van der Waals surface area contributed by atoms with E-state index in [1.807, 2.05) is 0 Å². The van der Waals surface area contributed by atoms with Gasteiger partial charge in [-0.05, 0) is 80.8 Å². The number of nitrogens with one attached hydrogen (secondary N) is 1. The molecular formula is C23H32N2O4S. The number of nitrogens with zero attached hydrogens (tertiary/aromatic N) is 1. The fourth-order valence-corrected chi connectivity index (χ4v) is 8.47. The van der Waals surface area contributed by atoms with E-state index in [9.17, 15) is 13.2 Å². The van der Waals surface area contributed by atoms with Crippen LogP contribution in [0.3, 0.4) is 0 Å². The minimum Gasteiger partial charge on any atom is -0.497 e. The summed E-state index contributed by atoms with van der Waals surface area (Å²) in [6, 6.07) is 6.62. The first-order chi connectivity index (χ1) is 14.4. The third kappa shape index (κ3) is 3.54. The summed E-state index contributed by atoms with van der Waals surface area (Å²) in [7, 11) is -2.01. The summed E-state index contributed by atoms with van der Waals surface area (Å²) >= 11 is 0. The lowest BCUT2D eigenvalue weighted by atomic mass is 9.49. The van der Waals surface area contributed by atoms with Crippen molar-refractivity contribution in [1.29, 1.82) is 0 Å². The third-order valence-corrected chi connectivity index (χ3v) is 9.86. The molecule has 1 heterocycles. The molecule has 1 saturated heterocycles. The lowest BCUT2D eigenvalue weighted by Crippen LogP contribution is -2.54. The zero-order valence-corrected chi connectivity index (χ0v) is 18.5. The van der Waals surface area contributed by atoms with Gasteiger partial charge in [0.05, 0.1) is 12.0 Å². The van der Waals surface area contributed by atoms with Crippen LogP contribution < -0.4 is 10.1 Å². The first-order valence-electron chi connectivity index (χ1n) is 11.3. The number of rotatable bonds is 6. The summed E-state index contributed by atoms with van der Waals surface area (Å²) in [6.45, 7) is 1.53. The quantitative estimate of drug-likeness (QED) is 0.750. The molecule has 4 bridgehead atoms. The van der Waals surface area contributed by atoms with Gasteiger partial charge in [0.2, 0.25) is 15.9 Å². The number of hydrogen-bond acceptors (Lipinski definition) is 4. The minimum absolute atomic E-state index is 0.139. The van der Waals surface area contributed by atoms with Gasteiger partial charge in [0.25, 0.3) is 0 Å². The Kier molecular flexibility index (Phi) is 5.09. The average Bonchev–Trinajstić information content (AvgIpc) is 3.21. The number of hydrogen-bond donors (Lipinski definition) is 1. The molecular weight excluding hydrogens is 400 g/mol. The van der Waals surface area contributed by atoms with Gasteiger partial charge in [0, 0.05) is 31.1 Å². The molecule has 1 amide bonds. The smallest absolute Gasteiger partial charge is 0.243 e. The second-order valence-electron chi connectivity index (χ2n) is 10.1. The molecule has 5 fully saturated rings. The van der Waals surface area contributed by atoms with Crippen LogP contribution in [-0.4, -0.2) is 45.4 Å². The Labute approximate surface area is 179 Å². The van der Waals surface area contributed by atoms with Crippen LogP contribution in [0.4, 0.5) is 0 Å². The normalized spacial score (nSPS) is 35.5. The van der Waals surface area contributed by atoms with Crippen molar-refractivity contribution >= 4 is 15.9 Å². The Morgan fingerprint density at radius 1 is 1.17 bits per heavy atom. The summed E-state index contributed by atoms with van der Waals surface area (Å²) in [5, 5.41) is 3.23. The van der Waals surface area contributed by atoms with Crippen LogP contribution in [0, 0.1) is 29.1 Å². The van der Waals surface area contributed by atoms with Crippen LogP contribution in [-0.2, 0) is 14.8 Å². The highest BCUT2D eigenvalue weighted by molar-refractivity contribution is 7.89. The van der Waals surface area contributed by atoms with Gasteiger partial charge >= 0.3 is 0 Å². The van der Waals surface area contributed by atoms with Gasteiger partial charge in [-0.1, -0.05) is 6.07 Å². The molecule has 1 N–H and O–H groups in total. The molecule has 0 radical (unpaired) electrons. The molecule has 0 aromatic heterocycles. The fourth-order valence-electron chi connectivity index (χ4n) is 6.91. The molecule has 6 rings (SSSR count). The van der Waals surface area contributed by atoms with Gasteiger partial charge in [-0.25, -0.2) is 8.42 Å². The summed E-state index contributed by atoms with van der Waals surface area (Å²) in [6.07, 6.45) is 7.94. The first kappa shape index (κ1) is 20.3. The Hall–Kier alpha value is -1.60. The number of amides is 1.